The lowest BCUT2D eigenvalue weighted by atomic mass is 10.3. The summed E-state index contributed by atoms with van der Waals surface area (Å²) >= 11 is 0. The fourth-order valence-corrected chi connectivity index (χ4v) is 1.30. The van der Waals surface area contributed by atoms with Gasteiger partial charge in [0.2, 0.25) is 0 Å². The molecular formula is C8H11N5O. The number of fused-ring (bicyclic) bond motifs is 1. The number of aliphatic hydroxyl groups excluding tert-OH is 1. The molecule has 0 aliphatic rings. The molecule has 0 spiro atoms. The Bertz CT molecular complexity index is 426. The van der Waals surface area contributed by atoms with Crippen LogP contribution in [0.1, 0.15) is 12.6 Å². The Kier molecular flexibility index (Phi) is 2.38. The minimum atomic E-state index is -0.292. The molecule has 0 aliphatic heterocycles. The van der Waals surface area contributed by atoms with Crippen molar-refractivity contribution in [3.8, 4) is 0 Å². The van der Waals surface area contributed by atoms with Gasteiger partial charge in [0, 0.05) is 13.0 Å². The van der Waals surface area contributed by atoms with E-state index in [1.165, 1.54) is 6.33 Å². The van der Waals surface area contributed by atoms with Gasteiger partial charge in [-0.2, -0.15) is 0 Å². The lowest BCUT2D eigenvalue weighted by molar-refractivity contribution is 0.260. The van der Waals surface area contributed by atoms with Crippen LogP contribution in [0.25, 0.3) is 11.2 Å². The van der Waals surface area contributed by atoms with Gasteiger partial charge in [-0.15, -0.1) is 0 Å². The SMILES string of the molecule is NC(CCO)n1cnc2cncnc21. The molecule has 6 nitrogen and oxygen atoms in total. The van der Waals surface area contributed by atoms with E-state index >= 15 is 0 Å². The maximum Gasteiger partial charge on any atom is 0.164 e. The minimum absolute atomic E-state index is 0.0475. The molecule has 1 unspecified atom stereocenters. The first-order valence-electron chi connectivity index (χ1n) is 4.32. The monoisotopic (exact) mass is 193 g/mol. The molecule has 0 radical (unpaired) electrons. The highest BCUT2D eigenvalue weighted by atomic mass is 16.3. The molecule has 1 atom stereocenters. The van der Waals surface area contributed by atoms with Crippen molar-refractivity contribution in [2.45, 2.75) is 12.6 Å². The van der Waals surface area contributed by atoms with E-state index in [1.807, 2.05) is 0 Å². The van der Waals surface area contributed by atoms with Crippen molar-refractivity contribution in [2.75, 3.05) is 6.61 Å². The number of nitrogens with zero attached hydrogens (tertiary/aromatic N) is 4. The van der Waals surface area contributed by atoms with Crippen LogP contribution < -0.4 is 5.73 Å². The largest absolute Gasteiger partial charge is 0.396 e. The number of rotatable bonds is 3. The van der Waals surface area contributed by atoms with Crippen molar-refractivity contribution in [3.63, 3.8) is 0 Å². The van der Waals surface area contributed by atoms with Gasteiger partial charge in [0.25, 0.3) is 0 Å². The van der Waals surface area contributed by atoms with E-state index in [9.17, 15) is 0 Å². The number of hydrogen-bond acceptors (Lipinski definition) is 5. The fourth-order valence-electron chi connectivity index (χ4n) is 1.30. The van der Waals surface area contributed by atoms with Gasteiger partial charge in [0.05, 0.1) is 18.7 Å². The van der Waals surface area contributed by atoms with Crippen LogP contribution in [0, 0.1) is 0 Å². The Labute approximate surface area is 80.4 Å². The third-order valence-electron chi connectivity index (χ3n) is 2.02. The number of imidazole rings is 1. The summed E-state index contributed by atoms with van der Waals surface area (Å²) in [5.74, 6) is 0. The molecule has 0 amide bonds. The first-order valence-corrected chi connectivity index (χ1v) is 4.32. The van der Waals surface area contributed by atoms with Gasteiger partial charge >= 0.3 is 0 Å². The molecule has 0 fully saturated rings. The number of nitrogens with two attached hydrogens (primary N) is 1. The van der Waals surface area contributed by atoms with E-state index in [0.717, 1.165) is 0 Å². The molecule has 0 aliphatic carbocycles. The summed E-state index contributed by atoms with van der Waals surface area (Å²) in [7, 11) is 0. The Morgan fingerprint density at radius 2 is 2.36 bits per heavy atom. The summed E-state index contributed by atoms with van der Waals surface area (Å²) in [5, 5.41) is 8.76. The van der Waals surface area contributed by atoms with E-state index in [2.05, 4.69) is 15.0 Å². The molecule has 3 N–H and O–H groups in total. The smallest absolute Gasteiger partial charge is 0.164 e. The van der Waals surface area contributed by atoms with Crippen LogP contribution in [0.15, 0.2) is 18.9 Å². The summed E-state index contributed by atoms with van der Waals surface area (Å²) in [6.45, 7) is 0.0475. The van der Waals surface area contributed by atoms with E-state index < -0.39 is 0 Å². The number of hydrogen-bond donors (Lipinski definition) is 2. The van der Waals surface area contributed by atoms with Crippen molar-refractivity contribution in [1.82, 2.24) is 19.5 Å². The molecule has 74 valence electrons. The molecule has 2 rings (SSSR count). The molecule has 0 bridgehead atoms. The van der Waals surface area contributed by atoms with E-state index in [0.29, 0.717) is 17.6 Å². The third kappa shape index (κ3) is 1.45. The van der Waals surface area contributed by atoms with Crippen molar-refractivity contribution in [3.05, 3.63) is 18.9 Å². The van der Waals surface area contributed by atoms with Crippen LogP contribution in [0.2, 0.25) is 0 Å². The Hall–Kier alpha value is -1.53. The highest BCUT2D eigenvalue weighted by Crippen LogP contribution is 2.12. The Morgan fingerprint density at radius 3 is 3.14 bits per heavy atom. The average molecular weight is 193 g/mol. The van der Waals surface area contributed by atoms with Crippen molar-refractivity contribution < 1.29 is 5.11 Å². The summed E-state index contributed by atoms with van der Waals surface area (Å²) in [6, 6.07) is 0. The molecule has 6 heteroatoms. The van der Waals surface area contributed by atoms with Gasteiger partial charge in [-0.25, -0.2) is 15.0 Å². The third-order valence-corrected chi connectivity index (χ3v) is 2.02. The zero-order chi connectivity index (χ0) is 9.97. The fraction of sp³-hybridized carbons (Fsp3) is 0.375. The molecule has 2 aromatic heterocycles. The summed E-state index contributed by atoms with van der Waals surface area (Å²) in [5.41, 5.74) is 7.22. The quantitative estimate of drug-likeness (QED) is 0.696. The highest BCUT2D eigenvalue weighted by molar-refractivity contribution is 5.68. The minimum Gasteiger partial charge on any atom is -0.396 e. The van der Waals surface area contributed by atoms with Gasteiger partial charge in [-0.05, 0) is 0 Å². The second kappa shape index (κ2) is 3.69. The number of aromatic nitrogens is 4. The molecular weight excluding hydrogens is 182 g/mol. The van der Waals surface area contributed by atoms with E-state index in [-0.39, 0.29) is 12.8 Å². The first kappa shape index (κ1) is 9.04. The van der Waals surface area contributed by atoms with Crippen LogP contribution in [0.5, 0.6) is 0 Å². The lowest BCUT2D eigenvalue weighted by Gasteiger charge is -2.11. The van der Waals surface area contributed by atoms with Gasteiger partial charge < -0.3 is 10.8 Å². The standard InChI is InChI=1S/C8H11N5O/c9-7(1-2-14)13-5-12-6-3-10-4-11-8(6)13/h3-5,7,14H,1-2,9H2. The van der Waals surface area contributed by atoms with Crippen molar-refractivity contribution in [2.24, 2.45) is 5.73 Å². The first-order chi connectivity index (χ1) is 6.83. The maximum absolute atomic E-state index is 8.76. The predicted molar refractivity (Wildman–Crippen MR) is 50.3 cm³/mol. The second-order valence-corrected chi connectivity index (χ2v) is 2.96. The zero-order valence-corrected chi connectivity index (χ0v) is 7.54. The maximum atomic E-state index is 8.76. The van der Waals surface area contributed by atoms with Crippen LogP contribution in [-0.4, -0.2) is 31.2 Å². The number of aliphatic hydroxyl groups is 1. The van der Waals surface area contributed by atoms with Crippen molar-refractivity contribution in [1.29, 1.82) is 0 Å². The molecule has 0 saturated carbocycles. The zero-order valence-electron chi connectivity index (χ0n) is 7.54. The lowest BCUT2D eigenvalue weighted by Crippen LogP contribution is -2.19. The summed E-state index contributed by atoms with van der Waals surface area (Å²) < 4.78 is 1.73. The Morgan fingerprint density at radius 1 is 1.50 bits per heavy atom. The van der Waals surface area contributed by atoms with E-state index in [1.54, 1.807) is 17.1 Å². The molecule has 0 saturated heterocycles. The molecule has 14 heavy (non-hydrogen) atoms. The van der Waals surface area contributed by atoms with Gasteiger partial charge in [0.1, 0.15) is 11.8 Å². The van der Waals surface area contributed by atoms with Crippen LogP contribution in [0.3, 0.4) is 0 Å². The highest BCUT2D eigenvalue weighted by Gasteiger charge is 2.09. The summed E-state index contributed by atoms with van der Waals surface area (Å²) in [4.78, 5) is 12.0. The van der Waals surface area contributed by atoms with Crippen LogP contribution in [0.4, 0.5) is 0 Å². The Balaban J connectivity index is 2.42. The van der Waals surface area contributed by atoms with Crippen molar-refractivity contribution >= 4 is 11.2 Å². The molecule has 2 aromatic rings. The van der Waals surface area contributed by atoms with Gasteiger partial charge in [-0.3, -0.25) is 4.57 Å². The van der Waals surface area contributed by atoms with Crippen LogP contribution in [-0.2, 0) is 0 Å². The van der Waals surface area contributed by atoms with Crippen LogP contribution >= 0.6 is 0 Å². The van der Waals surface area contributed by atoms with Gasteiger partial charge in [0.15, 0.2) is 5.65 Å². The second-order valence-electron chi connectivity index (χ2n) is 2.96. The topological polar surface area (TPSA) is 89.8 Å². The molecule has 0 aromatic carbocycles. The summed E-state index contributed by atoms with van der Waals surface area (Å²) in [6.07, 6.45) is 4.88. The molecule has 2 heterocycles. The van der Waals surface area contributed by atoms with Gasteiger partial charge in [-0.1, -0.05) is 0 Å². The van der Waals surface area contributed by atoms with E-state index in [4.69, 9.17) is 10.8 Å². The normalized spacial score (nSPS) is 13.3. The predicted octanol–water partition coefficient (Wildman–Crippen LogP) is -0.334. The average Bonchev–Trinajstić information content (AvgIpc) is 2.61.